The molecule has 25 heavy (non-hydrogen) atoms. The summed E-state index contributed by atoms with van der Waals surface area (Å²) >= 11 is 0. The Labute approximate surface area is 155 Å². The van der Waals surface area contributed by atoms with Gasteiger partial charge in [-0.2, -0.15) is 0 Å². The molecule has 0 saturated carbocycles. The SMILES string of the molecule is Cl.Nc1ccnc2ccc(OCCCCCCc3ccccc3)cc12. The molecule has 2 N–H and O–H groups in total. The molecule has 0 radical (unpaired) electrons. The molecule has 0 fully saturated rings. The van der Waals surface area contributed by atoms with Gasteiger partial charge in [0.05, 0.1) is 12.1 Å². The third-order valence-electron chi connectivity index (χ3n) is 4.22. The monoisotopic (exact) mass is 356 g/mol. The van der Waals surface area contributed by atoms with Crippen molar-refractivity contribution in [3.05, 3.63) is 66.4 Å². The highest BCUT2D eigenvalue weighted by Gasteiger charge is 2.01. The van der Waals surface area contributed by atoms with Crippen LogP contribution in [0.15, 0.2) is 60.8 Å². The fourth-order valence-electron chi connectivity index (χ4n) is 2.86. The van der Waals surface area contributed by atoms with Gasteiger partial charge in [-0.25, -0.2) is 0 Å². The van der Waals surface area contributed by atoms with E-state index in [1.807, 2.05) is 24.3 Å². The lowest BCUT2D eigenvalue weighted by atomic mass is 10.1. The first-order chi connectivity index (χ1) is 11.8. The average molecular weight is 357 g/mol. The van der Waals surface area contributed by atoms with Crippen molar-refractivity contribution in [2.45, 2.75) is 32.1 Å². The quantitative estimate of drug-likeness (QED) is 0.548. The Morgan fingerprint density at radius 1 is 0.880 bits per heavy atom. The molecule has 0 bridgehead atoms. The number of nitrogens with two attached hydrogens (primary N) is 1. The Hall–Kier alpha value is -2.26. The second-order valence-corrected chi connectivity index (χ2v) is 6.08. The van der Waals surface area contributed by atoms with E-state index < -0.39 is 0 Å². The summed E-state index contributed by atoms with van der Waals surface area (Å²) in [6, 6.07) is 18.4. The molecule has 1 aromatic heterocycles. The first kappa shape index (κ1) is 19.1. The van der Waals surface area contributed by atoms with Crippen LogP contribution in [0.2, 0.25) is 0 Å². The van der Waals surface area contributed by atoms with Crippen LogP contribution in [-0.4, -0.2) is 11.6 Å². The Morgan fingerprint density at radius 3 is 2.52 bits per heavy atom. The molecular formula is C21H25ClN2O. The van der Waals surface area contributed by atoms with Crippen molar-refractivity contribution in [2.24, 2.45) is 0 Å². The van der Waals surface area contributed by atoms with E-state index in [-0.39, 0.29) is 12.4 Å². The van der Waals surface area contributed by atoms with Crippen LogP contribution in [0.5, 0.6) is 5.75 Å². The Morgan fingerprint density at radius 2 is 1.68 bits per heavy atom. The minimum Gasteiger partial charge on any atom is -0.494 e. The Bertz CT molecular complexity index is 777. The smallest absolute Gasteiger partial charge is 0.120 e. The highest BCUT2D eigenvalue weighted by Crippen LogP contribution is 2.24. The van der Waals surface area contributed by atoms with Gasteiger partial charge in [-0.15, -0.1) is 12.4 Å². The van der Waals surface area contributed by atoms with Crippen molar-refractivity contribution in [2.75, 3.05) is 12.3 Å². The van der Waals surface area contributed by atoms with E-state index in [1.54, 1.807) is 6.20 Å². The van der Waals surface area contributed by atoms with Gasteiger partial charge < -0.3 is 10.5 Å². The van der Waals surface area contributed by atoms with Crippen molar-refractivity contribution in [3.63, 3.8) is 0 Å². The topological polar surface area (TPSA) is 48.1 Å². The third kappa shape index (κ3) is 5.64. The number of hydrogen-bond donors (Lipinski definition) is 1. The van der Waals surface area contributed by atoms with E-state index in [0.717, 1.165) is 35.4 Å². The van der Waals surface area contributed by atoms with Crippen molar-refractivity contribution in [1.82, 2.24) is 4.98 Å². The predicted octanol–water partition coefficient (Wildman–Crippen LogP) is 5.42. The summed E-state index contributed by atoms with van der Waals surface area (Å²) in [4.78, 5) is 4.30. The number of benzene rings is 2. The second kappa shape index (κ2) is 9.90. The number of pyridine rings is 1. The summed E-state index contributed by atoms with van der Waals surface area (Å²) in [7, 11) is 0. The minimum absolute atomic E-state index is 0. The van der Waals surface area contributed by atoms with Gasteiger partial charge in [0.25, 0.3) is 0 Å². The molecule has 0 saturated heterocycles. The van der Waals surface area contributed by atoms with E-state index in [0.29, 0.717) is 0 Å². The number of unbranched alkanes of at least 4 members (excludes halogenated alkanes) is 3. The van der Waals surface area contributed by atoms with E-state index in [1.165, 1.54) is 31.2 Å². The van der Waals surface area contributed by atoms with Crippen LogP contribution in [-0.2, 0) is 6.42 Å². The number of hydrogen-bond acceptors (Lipinski definition) is 3. The van der Waals surface area contributed by atoms with Crippen LogP contribution >= 0.6 is 12.4 Å². The number of aromatic nitrogens is 1. The largest absolute Gasteiger partial charge is 0.494 e. The first-order valence-corrected chi connectivity index (χ1v) is 8.64. The number of ether oxygens (including phenoxy) is 1. The maximum Gasteiger partial charge on any atom is 0.120 e. The van der Waals surface area contributed by atoms with Crippen molar-refractivity contribution in [3.8, 4) is 5.75 Å². The van der Waals surface area contributed by atoms with Crippen molar-refractivity contribution >= 4 is 29.0 Å². The molecular weight excluding hydrogens is 332 g/mol. The lowest BCUT2D eigenvalue weighted by Crippen LogP contribution is -1.98. The molecule has 3 rings (SSSR count). The fourth-order valence-corrected chi connectivity index (χ4v) is 2.86. The summed E-state index contributed by atoms with van der Waals surface area (Å²) in [6.07, 6.45) is 7.65. The molecule has 0 aliphatic carbocycles. The third-order valence-corrected chi connectivity index (χ3v) is 4.22. The summed E-state index contributed by atoms with van der Waals surface area (Å²) in [5.41, 5.74) is 9.06. The maximum atomic E-state index is 5.99. The van der Waals surface area contributed by atoms with E-state index in [9.17, 15) is 0 Å². The molecule has 4 heteroatoms. The van der Waals surface area contributed by atoms with Crippen LogP contribution < -0.4 is 10.5 Å². The molecule has 0 atom stereocenters. The summed E-state index contributed by atoms with van der Waals surface area (Å²) in [6.45, 7) is 0.747. The zero-order valence-corrected chi connectivity index (χ0v) is 15.2. The molecule has 1 heterocycles. The molecule has 0 aliphatic heterocycles. The molecule has 0 spiro atoms. The first-order valence-electron chi connectivity index (χ1n) is 8.64. The maximum absolute atomic E-state index is 5.99. The van der Waals surface area contributed by atoms with Gasteiger partial charge >= 0.3 is 0 Å². The van der Waals surface area contributed by atoms with Crippen LogP contribution in [0.4, 0.5) is 5.69 Å². The lowest BCUT2D eigenvalue weighted by molar-refractivity contribution is 0.305. The van der Waals surface area contributed by atoms with E-state index >= 15 is 0 Å². The Kier molecular flexibility index (Phi) is 7.55. The van der Waals surface area contributed by atoms with E-state index in [4.69, 9.17) is 10.5 Å². The molecule has 0 aliphatic rings. The van der Waals surface area contributed by atoms with Gasteiger partial charge in [0.15, 0.2) is 0 Å². The van der Waals surface area contributed by atoms with Gasteiger partial charge in [0, 0.05) is 17.3 Å². The number of anilines is 1. The van der Waals surface area contributed by atoms with Crippen LogP contribution in [0, 0.1) is 0 Å². The number of nitrogen functional groups attached to an aromatic ring is 1. The summed E-state index contributed by atoms with van der Waals surface area (Å²) in [5.74, 6) is 0.867. The number of nitrogens with zero attached hydrogens (tertiary/aromatic N) is 1. The van der Waals surface area contributed by atoms with Crippen molar-refractivity contribution in [1.29, 1.82) is 0 Å². The minimum atomic E-state index is 0. The highest BCUT2D eigenvalue weighted by atomic mass is 35.5. The van der Waals surface area contributed by atoms with Gasteiger partial charge in [-0.05, 0) is 49.1 Å². The van der Waals surface area contributed by atoms with Gasteiger partial charge in [-0.1, -0.05) is 43.2 Å². The zero-order valence-electron chi connectivity index (χ0n) is 14.4. The van der Waals surface area contributed by atoms with Crippen molar-refractivity contribution < 1.29 is 4.74 Å². The van der Waals surface area contributed by atoms with Gasteiger partial charge in [0.1, 0.15) is 5.75 Å². The molecule has 3 nitrogen and oxygen atoms in total. The second-order valence-electron chi connectivity index (χ2n) is 6.08. The summed E-state index contributed by atoms with van der Waals surface area (Å²) in [5, 5.41) is 0.956. The average Bonchev–Trinajstić information content (AvgIpc) is 2.62. The normalized spacial score (nSPS) is 10.4. The predicted molar refractivity (Wildman–Crippen MR) is 108 cm³/mol. The van der Waals surface area contributed by atoms with Crippen LogP contribution in [0.3, 0.4) is 0 Å². The summed E-state index contributed by atoms with van der Waals surface area (Å²) < 4.78 is 5.85. The molecule has 0 amide bonds. The fraction of sp³-hybridized carbons (Fsp3) is 0.286. The molecule has 3 aromatic rings. The molecule has 132 valence electrons. The number of fused-ring (bicyclic) bond motifs is 1. The Balaban J connectivity index is 0.00000225. The van der Waals surface area contributed by atoms with Crippen LogP contribution in [0.25, 0.3) is 10.9 Å². The molecule has 2 aromatic carbocycles. The standard InChI is InChI=1S/C21H24N2O.ClH/c22-20-13-14-23-21-12-11-18(16-19(20)21)24-15-7-2-1-4-8-17-9-5-3-6-10-17;/h3,5-6,9-14,16H,1-2,4,7-8,15H2,(H2,22,23);1H. The van der Waals surface area contributed by atoms with Gasteiger partial charge in [-0.3, -0.25) is 4.98 Å². The van der Waals surface area contributed by atoms with Crippen LogP contribution in [0.1, 0.15) is 31.2 Å². The number of aryl methyl sites for hydroxylation is 1. The molecule has 0 unspecified atom stereocenters. The number of rotatable bonds is 8. The zero-order chi connectivity index (χ0) is 16.6. The lowest BCUT2D eigenvalue weighted by Gasteiger charge is -2.08. The van der Waals surface area contributed by atoms with Gasteiger partial charge in [0.2, 0.25) is 0 Å². The number of halogens is 1. The highest BCUT2D eigenvalue weighted by molar-refractivity contribution is 5.90. The van der Waals surface area contributed by atoms with E-state index in [2.05, 4.69) is 35.3 Å².